The van der Waals surface area contributed by atoms with Crippen LogP contribution in [-0.4, -0.2) is 68.3 Å². The maximum absolute atomic E-state index is 13.9. The fourth-order valence-electron chi connectivity index (χ4n) is 3.19. The van der Waals surface area contributed by atoms with E-state index >= 15 is 0 Å². The summed E-state index contributed by atoms with van der Waals surface area (Å²) in [4.78, 5) is 8.33. The lowest BCUT2D eigenvalue weighted by Gasteiger charge is -2.37. The topological polar surface area (TPSA) is 37.8 Å². The van der Waals surface area contributed by atoms with Crippen molar-refractivity contribution >= 4 is 0 Å². The predicted molar refractivity (Wildman–Crippen MR) is 88.1 cm³/mol. The van der Waals surface area contributed by atoms with E-state index in [2.05, 4.69) is 28.6 Å². The molecule has 1 aliphatic rings. The Morgan fingerprint density at radius 1 is 1.39 bits per heavy atom. The van der Waals surface area contributed by atoms with Crippen LogP contribution < -0.4 is 4.74 Å². The Morgan fingerprint density at radius 2 is 2.09 bits per heavy atom. The number of methoxy groups -OCH3 is 1. The van der Waals surface area contributed by atoms with Gasteiger partial charge in [-0.15, -0.1) is 0 Å². The molecule has 0 N–H and O–H groups in total. The summed E-state index contributed by atoms with van der Waals surface area (Å²) in [5.41, 5.74) is 0.684. The Labute approximate surface area is 138 Å². The Kier molecular flexibility index (Phi) is 6.33. The molecular weight excluding hydrogens is 297 g/mol. The summed E-state index contributed by atoms with van der Waals surface area (Å²) in [7, 11) is 3.58. The minimum absolute atomic E-state index is 0.120. The van der Waals surface area contributed by atoms with E-state index in [-0.39, 0.29) is 5.41 Å². The summed E-state index contributed by atoms with van der Waals surface area (Å²) >= 11 is 0. The minimum Gasteiger partial charge on any atom is -0.495 e. The molecule has 0 radical (unpaired) electrons. The fourth-order valence-corrected chi connectivity index (χ4v) is 3.19. The highest BCUT2D eigenvalue weighted by molar-refractivity contribution is 5.24. The van der Waals surface area contributed by atoms with Crippen molar-refractivity contribution < 1.29 is 13.9 Å². The largest absolute Gasteiger partial charge is 0.495 e. The number of ether oxygens (including phenoxy) is 2. The normalized spacial score (nSPS) is 16.8. The van der Waals surface area contributed by atoms with E-state index in [0.717, 1.165) is 39.4 Å². The average molecular weight is 325 g/mol. The molecule has 2 rings (SSSR count). The van der Waals surface area contributed by atoms with Crippen LogP contribution in [0.2, 0.25) is 0 Å². The molecule has 0 bridgehead atoms. The van der Waals surface area contributed by atoms with Crippen LogP contribution in [0.3, 0.4) is 0 Å². The Balaban J connectivity index is 1.91. The smallest absolute Gasteiger partial charge is 0.217 e. The number of pyridine rings is 1. The fraction of sp³-hybridized carbons (Fsp3) is 0.706. The van der Waals surface area contributed by atoms with Gasteiger partial charge in [-0.25, -0.2) is 4.98 Å². The maximum atomic E-state index is 13.9. The summed E-state index contributed by atoms with van der Waals surface area (Å²) in [6.45, 7) is 10.5. The van der Waals surface area contributed by atoms with Gasteiger partial charge in [-0.2, -0.15) is 4.39 Å². The molecule has 1 fully saturated rings. The quantitative estimate of drug-likeness (QED) is 0.717. The van der Waals surface area contributed by atoms with Crippen LogP contribution in [0.25, 0.3) is 0 Å². The molecule has 0 amide bonds. The van der Waals surface area contributed by atoms with Gasteiger partial charge in [-0.05, 0) is 18.5 Å². The summed E-state index contributed by atoms with van der Waals surface area (Å²) in [6, 6.07) is 1.72. The number of halogens is 1. The zero-order valence-corrected chi connectivity index (χ0v) is 14.6. The first-order valence-corrected chi connectivity index (χ1v) is 8.07. The molecule has 1 saturated heterocycles. The molecule has 0 aromatic carbocycles. The predicted octanol–water partition coefficient (Wildman–Crippen LogP) is 2.02. The molecular formula is C17H28FN3O2. The third-order valence-corrected chi connectivity index (χ3v) is 4.02. The Hall–Kier alpha value is -1.24. The van der Waals surface area contributed by atoms with Gasteiger partial charge in [-0.3, -0.25) is 4.90 Å². The van der Waals surface area contributed by atoms with Crippen LogP contribution in [0.4, 0.5) is 4.39 Å². The molecule has 0 aliphatic carbocycles. The van der Waals surface area contributed by atoms with Gasteiger partial charge in [0.2, 0.25) is 5.95 Å². The zero-order chi connectivity index (χ0) is 16.9. The summed E-state index contributed by atoms with van der Waals surface area (Å²) in [6.07, 6.45) is 1.40. The molecule has 5 nitrogen and oxygen atoms in total. The van der Waals surface area contributed by atoms with Crippen molar-refractivity contribution in [3.8, 4) is 5.75 Å². The van der Waals surface area contributed by atoms with E-state index in [1.54, 1.807) is 13.2 Å². The number of morpholine rings is 1. The standard InChI is InChI=1S/C17H28FN3O2/c1-17(2,13-21-5-7-23-8-6-21)12-20(3)11-14-9-15(22-4)10-19-16(14)18/h9-10H,5-8,11-13H2,1-4H3. The lowest BCUT2D eigenvalue weighted by molar-refractivity contribution is 0.0160. The second-order valence-electron chi connectivity index (χ2n) is 7.05. The molecule has 6 heteroatoms. The highest BCUT2D eigenvalue weighted by atomic mass is 19.1. The van der Waals surface area contributed by atoms with Gasteiger partial charge in [0, 0.05) is 38.3 Å². The Morgan fingerprint density at radius 3 is 2.74 bits per heavy atom. The van der Waals surface area contributed by atoms with E-state index in [9.17, 15) is 4.39 Å². The molecule has 0 atom stereocenters. The molecule has 1 aromatic rings. The first-order chi connectivity index (χ1) is 10.9. The SMILES string of the molecule is COc1cnc(F)c(CN(C)CC(C)(C)CN2CCOCC2)c1. The lowest BCUT2D eigenvalue weighted by atomic mass is 9.91. The first-order valence-electron chi connectivity index (χ1n) is 8.07. The average Bonchev–Trinajstić information content (AvgIpc) is 2.49. The van der Waals surface area contributed by atoms with Crippen LogP contribution in [0.5, 0.6) is 5.75 Å². The zero-order valence-electron chi connectivity index (χ0n) is 14.6. The third kappa shape index (κ3) is 5.71. The second-order valence-corrected chi connectivity index (χ2v) is 7.05. The van der Waals surface area contributed by atoms with Crippen LogP contribution in [0.1, 0.15) is 19.4 Å². The van der Waals surface area contributed by atoms with Gasteiger partial charge in [-0.1, -0.05) is 13.8 Å². The van der Waals surface area contributed by atoms with Crippen molar-refractivity contribution in [3.63, 3.8) is 0 Å². The van der Waals surface area contributed by atoms with E-state index in [1.165, 1.54) is 6.20 Å². The number of nitrogens with zero attached hydrogens (tertiary/aromatic N) is 3. The second kappa shape index (κ2) is 8.04. The molecule has 130 valence electrons. The molecule has 1 aromatic heterocycles. The number of aromatic nitrogens is 1. The van der Waals surface area contributed by atoms with Gasteiger partial charge < -0.3 is 14.4 Å². The molecule has 2 heterocycles. The van der Waals surface area contributed by atoms with Crippen molar-refractivity contribution in [1.82, 2.24) is 14.8 Å². The third-order valence-electron chi connectivity index (χ3n) is 4.02. The van der Waals surface area contributed by atoms with Crippen molar-refractivity contribution in [3.05, 3.63) is 23.8 Å². The van der Waals surface area contributed by atoms with Crippen LogP contribution in [-0.2, 0) is 11.3 Å². The van der Waals surface area contributed by atoms with Gasteiger partial charge in [0.15, 0.2) is 0 Å². The van der Waals surface area contributed by atoms with Crippen LogP contribution in [0.15, 0.2) is 12.3 Å². The highest BCUT2D eigenvalue weighted by Crippen LogP contribution is 2.21. The molecule has 0 saturated carbocycles. The van der Waals surface area contributed by atoms with Crippen LogP contribution in [0, 0.1) is 11.4 Å². The summed E-state index contributed by atoms with van der Waals surface area (Å²) in [5.74, 6) is 0.158. The summed E-state index contributed by atoms with van der Waals surface area (Å²) < 4.78 is 24.4. The van der Waals surface area contributed by atoms with Gasteiger partial charge in [0.25, 0.3) is 0 Å². The van der Waals surface area contributed by atoms with Crippen LogP contribution >= 0.6 is 0 Å². The lowest BCUT2D eigenvalue weighted by Crippen LogP contribution is -2.45. The molecule has 23 heavy (non-hydrogen) atoms. The van der Waals surface area contributed by atoms with Gasteiger partial charge in [0.05, 0.1) is 26.5 Å². The number of hydrogen-bond donors (Lipinski definition) is 0. The highest BCUT2D eigenvalue weighted by Gasteiger charge is 2.25. The Bertz CT molecular complexity index is 505. The van der Waals surface area contributed by atoms with Crippen molar-refractivity contribution in [2.75, 3.05) is 53.6 Å². The first kappa shape index (κ1) is 18.1. The minimum atomic E-state index is -0.427. The van der Waals surface area contributed by atoms with E-state index in [0.29, 0.717) is 17.9 Å². The number of rotatable bonds is 7. The van der Waals surface area contributed by atoms with Crippen molar-refractivity contribution in [1.29, 1.82) is 0 Å². The molecule has 0 spiro atoms. The molecule has 1 aliphatic heterocycles. The van der Waals surface area contributed by atoms with Gasteiger partial charge in [0.1, 0.15) is 5.75 Å². The van der Waals surface area contributed by atoms with E-state index < -0.39 is 5.95 Å². The van der Waals surface area contributed by atoms with Crippen molar-refractivity contribution in [2.45, 2.75) is 20.4 Å². The molecule has 0 unspecified atom stereocenters. The van der Waals surface area contributed by atoms with E-state index in [1.807, 2.05) is 7.05 Å². The monoisotopic (exact) mass is 325 g/mol. The maximum Gasteiger partial charge on any atom is 0.217 e. The number of hydrogen-bond acceptors (Lipinski definition) is 5. The van der Waals surface area contributed by atoms with Gasteiger partial charge >= 0.3 is 0 Å². The van der Waals surface area contributed by atoms with Crippen molar-refractivity contribution in [2.24, 2.45) is 5.41 Å². The van der Waals surface area contributed by atoms with E-state index in [4.69, 9.17) is 9.47 Å². The summed E-state index contributed by atoms with van der Waals surface area (Å²) in [5, 5.41) is 0.